The van der Waals surface area contributed by atoms with Crippen LogP contribution in [0.15, 0.2) is 46.7 Å². The third-order valence-corrected chi connectivity index (χ3v) is 6.91. The fraction of sp³-hybridized carbons (Fsp3) is 0.559. The predicted molar refractivity (Wildman–Crippen MR) is 195 cm³/mol. The smallest absolute Gasteiger partial charge is 0.363 e. The van der Waals surface area contributed by atoms with Crippen LogP contribution in [0.4, 0.5) is 0 Å². The number of methoxy groups -OCH3 is 3. The Morgan fingerprint density at radius 3 is 1.33 bits per heavy atom. The zero-order chi connectivity index (χ0) is 41.3. The topological polar surface area (TPSA) is 219 Å². The molecule has 3 amide bonds. The minimum Gasteiger partial charge on any atom is -0.467 e. The van der Waals surface area contributed by atoms with Crippen molar-refractivity contribution in [2.24, 2.45) is 0 Å². The second-order valence-corrected chi connectivity index (χ2v) is 12.5. The first kappa shape index (κ1) is 56.0. The van der Waals surface area contributed by atoms with Crippen LogP contribution in [0.25, 0.3) is 0 Å². The van der Waals surface area contributed by atoms with E-state index in [9.17, 15) is 38.1 Å². The molecule has 0 aliphatic rings. The molecule has 0 aliphatic carbocycles. The van der Waals surface area contributed by atoms with Crippen molar-refractivity contribution in [2.75, 3.05) is 35.5 Å². The molecule has 0 bridgehead atoms. The molecule has 0 radical (unpaired) electrons. The number of carbonyl (C=O) groups excluding carboxylic acids is 7. The average molecular weight is 750 g/mol. The molecule has 294 valence electrons. The molecule has 3 N–H and O–H groups in total. The van der Waals surface area contributed by atoms with Crippen LogP contribution in [0, 0.1) is 0 Å². The summed E-state index contributed by atoms with van der Waals surface area (Å²) in [6, 6.07) is -0.576. The first-order valence-corrected chi connectivity index (χ1v) is 17.1. The molecular weight excluding hydrogens is 689 g/mol. The summed E-state index contributed by atoms with van der Waals surface area (Å²) in [5, 5.41) is 7.06. The number of carbonyl (C=O) groups is 7. The van der Waals surface area contributed by atoms with E-state index in [1.807, 2.05) is 61.5 Å². The van der Waals surface area contributed by atoms with E-state index in [1.165, 1.54) is 47.1 Å². The van der Waals surface area contributed by atoms with Crippen LogP contribution in [0.3, 0.4) is 0 Å². The summed E-state index contributed by atoms with van der Waals surface area (Å²) in [6.07, 6.45) is 7.91. The van der Waals surface area contributed by atoms with E-state index in [0.717, 1.165) is 44.3 Å². The van der Waals surface area contributed by atoms with E-state index in [-0.39, 0.29) is 17.5 Å². The monoisotopic (exact) mass is 749 g/mol. The lowest BCUT2D eigenvalue weighted by atomic mass is 10.1. The molecule has 0 aromatic carbocycles. The van der Waals surface area contributed by atoms with Gasteiger partial charge in [0.1, 0.15) is 18.0 Å². The molecule has 0 spiro atoms. The van der Waals surface area contributed by atoms with E-state index in [2.05, 4.69) is 39.2 Å². The molecule has 0 heterocycles. The van der Waals surface area contributed by atoms with E-state index < -0.39 is 43.2 Å². The van der Waals surface area contributed by atoms with Crippen LogP contribution < -0.4 is 16.0 Å². The second kappa shape index (κ2) is 34.1. The van der Waals surface area contributed by atoms with Gasteiger partial charge < -0.3 is 39.2 Å². The number of amides is 3. The lowest BCUT2D eigenvalue weighted by Crippen LogP contribution is -2.40. The van der Waals surface area contributed by atoms with Crippen molar-refractivity contribution in [2.45, 2.75) is 94.4 Å². The van der Waals surface area contributed by atoms with Gasteiger partial charge in [0, 0.05) is 35.0 Å². The molecule has 0 saturated heterocycles. The van der Waals surface area contributed by atoms with Crippen molar-refractivity contribution in [3.63, 3.8) is 0 Å². The highest BCUT2D eigenvalue weighted by Crippen LogP contribution is 2.50. The van der Waals surface area contributed by atoms with Crippen molar-refractivity contribution in [3.05, 3.63) is 46.7 Å². The molecule has 51 heavy (non-hydrogen) atoms. The molecule has 0 aliphatic heterocycles. The predicted octanol–water partition coefficient (Wildman–Crippen LogP) is 4.45. The molecule has 16 nitrogen and oxygen atoms in total. The van der Waals surface area contributed by atoms with Gasteiger partial charge in [0.15, 0.2) is 0 Å². The summed E-state index contributed by atoms with van der Waals surface area (Å²) < 4.78 is 34.4. The van der Waals surface area contributed by atoms with Gasteiger partial charge in [-0.3, -0.25) is 23.7 Å². The van der Waals surface area contributed by atoms with Crippen molar-refractivity contribution < 1.29 is 61.4 Å². The Bertz CT molecular complexity index is 1250. The van der Waals surface area contributed by atoms with Gasteiger partial charge in [-0.05, 0) is 60.1 Å². The molecular formula is C34H60N3O13P. The number of nitrogens with one attached hydrogen (secondary N) is 3. The molecule has 17 heteroatoms. The van der Waals surface area contributed by atoms with Crippen LogP contribution in [-0.4, -0.2) is 89.3 Å². The van der Waals surface area contributed by atoms with Crippen molar-refractivity contribution in [1.29, 1.82) is 0 Å². The van der Waals surface area contributed by atoms with E-state index in [1.54, 1.807) is 6.08 Å². The van der Waals surface area contributed by atoms with Gasteiger partial charge in [-0.15, -0.1) is 0 Å². The van der Waals surface area contributed by atoms with Crippen LogP contribution in [-0.2, 0) is 61.4 Å². The number of aldehydes is 1. The fourth-order valence-electron chi connectivity index (χ4n) is 2.66. The quantitative estimate of drug-likeness (QED) is 0.0451. The van der Waals surface area contributed by atoms with Gasteiger partial charge in [0.25, 0.3) is 0 Å². The van der Waals surface area contributed by atoms with Gasteiger partial charge in [-0.25, -0.2) is 14.4 Å². The number of hydrogen-bond donors (Lipinski definition) is 3. The second-order valence-electron chi connectivity index (χ2n) is 10.2. The molecule has 0 aromatic rings. The molecule has 0 rings (SSSR count). The highest BCUT2D eigenvalue weighted by atomic mass is 31.2. The number of ether oxygens (including phenoxy) is 3. The van der Waals surface area contributed by atoms with E-state index in [0.29, 0.717) is 6.42 Å². The third-order valence-electron chi connectivity index (χ3n) is 4.92. The van der Waals surface area contributed by atoms with Gasteiger partial charge in [-0.2, -0.15) is 0 Å². The maximum atomic E-state index is 11.8. The lowest BCUT2D eigenvalue weighted by molar-refractivity contribution is -0.144. The summed E-state index contributed by atoms with van der Waals surface area (Å²) in [5.74, 6) is -4.39. The standard InChI is InChI=1S/C10H17NO3.C10H15NO3.C7H14NO6P.C5H8O.C2H6/c2*1-7(2)5-6-9(10(13)14-4)11-8(3)12;1-5(9)8-6(7(10)12-2)15(11,13-3)14-4;1-5(2)3-4-6;1-2/h5,9H,6H2,1-4H3,(H,11,12);5-6H,1-4H3,(H,11,12);6H,1-4H3,(H,8,9);3-4H,1-2H3;1-2H3/b;9-6-;;;/t9-;;;;/m0..../s1. The van der Waals surface area contributed by atoms with Gasteiger partial charge in [-0.1, -0.05) is 42.7 Å². The zero-order valence-corrected chi connectivity index (χ0v) is 33.9. The summed E-state index contributed by atoms with van der Waals surface area (Å²) in [7, 11) is 2.18. The number of esters is 3. The Hall–Kier alpha value is -4.40. The maximum absolute atomic E-state index is 11.8. The Kier molecular flexibility index (Phi) is 37.4. The molecule has 2 atom stereocenters. The number of rotatable bonds is 13. The minimum atomic E-state index is -3.72. The van der Waals surface area contributed by atoms with Gasteiger partial charge in [0.05, 0.1) is 21.3 Å². The highest BCUT2D eigenvalue weighted by molar-refractivity contribution is 7.55. The maximum Gasteiger partial charge on any atom is 0.363 e. The Balaban J connectivity index is -0.000000188. The SMILES string of the molecule is CC.CC(C)=CC=O.COC(=O)/C(=C/C=C(C)C)NC(C)=O.COC(=O)C(NC(C)=O)P(=O)(OC)OC.COC(=O)[C@H](CC=C(C)C)NC(C)=O. The summed E-state index contributed by atoms with van der Waals surface area (Å²) in [6.45, 7) is 19.3. The number of allylic oxidation sites excluding steroid dienone is 6. The van der Waals surface area contributed by atoms with Crippen LogP contribution in [0.2, 0.25) is 0 Å². The van der Waals surface area contributed by atoms with Crippen molar-refractivity contribution in [1.82, 2.24) is 16.0 Å². The van der Waals surface area contributed by atoms with Gasteiger partial charge >= 0.3 is 25.5 Å². The Morgan fingerprint density at radius 2 is 1.06 bits per heavy atom. The van der Waals surface area contributed by atoms with Crippen molar-refractivity contribution in [3.8, 4) is 0 Å². The zero-order valence-electron chi connectivity index (χ0n) is 33.0. The summed E-state index contributed by atoms with van der Waals surface area (Å²) in [4.78, 5) is 75.4. The van der Waals surface area contributed by atoms with Crippen molar-refractivity contribution >= 4 is 49.5 Å². The van der Waals surface area contributed by atoms with E-state index >= 15 is 0 Å². The summed E-state index contributed by atoms with van der Waals surface area (Å²) >= 11 is 0. The third kappa shape index (κ3) is 33.9. The first-order chi connectivity index (χ1) is 23.6. The number of hydrogen-bond acceptors (Lipinski definition) is 13. The molecule has 0 fully saturated rings. The largest absolute Gasteiger partial charge is 0.467 e. The molecule has 0 aromatic heterocycles. The Labute approximate surface area is 303 Å². The Morgan fingerprint density at radius 1 is 0.608 bits per heavy atom. The van der Waals surface area contributed by atoms with Crippen LogP contribution in [0.5, 0.6) is 0 Å². The van der Waals surface area contributed by atoms with Gasteiger partial charge in [0.2, 0.25) is 23.5 Å². The van der Waals surface area contributed by atoms with Crippen LogP contribution in [0.1, 0.15) is 82.6 Å². The first-order valence-electron chi connectivity index (χ1n) is 15.5. The highest BCUT2D eigenvalue weighted by Gasteiger charge is 2.41. The van der Waals surface area contributed by atoms with E-state index in [4.69, 9.17) is 0 Å². The minimum absolute atomic E-state index is 0.140. The fourth-order valence-corrected chi connectivity index (χ4v) is 3.93. The molecule has 0 saturated carbocycles. The average Bonchev–Trinajstić information content (AvgIpc) is 3.07. The van der Waals surface area contributed by atoms with Crippen LogP contribution >= 0.6 is 7.60 Å². The lowest BCUT2D eigenvalue weighted by Gasteiger charge is -2.22. The normalized spacial score (nSPS) is 10.8. The summed E-state index contributed by atoms with van der Waals surface area (Å²) in [5.41, 5.74) is 3.31. The molecule has 1 unspecified atom stereocenters.